The lowest BCUT2D eigenvalue weighted by Crippen LogP contribution is -2.49. The number of Topliss-reactive ketones (excluding diaryl/α,β-unsaturated/α-hetero) is 1. The number of hydrogen-bond donors (Lipinski definition) is 0. The van der Waals surface area contributed by atoms with Crippen LogP contribution >= 0.6 is 0 Å². The Bertz CT molecular complexity index is 790. The van der Waals surface area contributed by atoms with E-state index in [2.05, 4.69) is 0 Å². The fourth-order valence-corrected chi connectivity index (χ4v) is 3.21. The number of ketones is 1. The molecule has 0 radical (unpaired) electrons. The van der Waals surface area contributed by atoms with Gasteiger partial charge in [-0.25, -0.2) is 4.79 Å². The predicted molar refractivity (Wildman–Crippen MR) is 103 cm³/mol. The van der Waals surface area contributed by atoms with Crippen LogP contribution in [-0.4, -0.2) is 35.5 Å². The minimum atomic E-state index is -0.322. The van der Waals surface area contributed by atoms with Gasteiger partial charge in [-0.15, -0.1) is 0 Å². The second-order valence-corrected chi connectivity index (χ2v) is 6.94. The van der Waals surface area contributed by atoms with Crippen LogP contribution in [0.4, 0.5) is 4.79 Å². The fraction of sp³-hybridized carbons (Fsp3) is 0.364. The van der Waals surface area contributed by atoms with Crippen LogP contribution in [0.2, 0.25) is 0 Å². The summed E-state index contributed by atoms with van der Waals surface area (Å²) in [4.78, 5) is 25.8. The lowest BCUT2D eigenvalue weighted by Gasteiger charge is -2.37. The van der Waals surface area contributed by atoms with Gasteiger partial charge in [0, 0.05) is 11.6 Å². The number of benzene rings is 2. The molecule has 1 aliphatic heterocycles. The molecule has 1 fully saturated rings. The van der Waals surface area contributed by atoms with Crippen molar-refractivity contribution in [2.75, 3.05) is 6.54 Å². The average Bonchev–Trinajstić information content (AvgIpc) is 2.68. The standard InChI is InChI=1S/C22H25NO4/c1-16-11-12-21(27-20-10-6-9-19(13-20)17(2)24)14-23(16)22(25)26-15-18-7-4-3-5-8-18/h3-10,13,16,21H,11-12,14-15H2,1-2H3/t16-,21-/m1/s1. The van der Waals surface area contributed by atoms with Crippen LogP contribution < -0.4 is 4.74 Å². The number of hydrogen-bond acceptors (Lipinski definition) is 4. The minimum absolute atomic E-state index is 0.00355. The summed E-state index contributed by atoms with van der Waals surface area (Å²) in [5.41, 5.74) is 1.58. The molecule has 0 spiro atoms. The van der Waals surface area contributed by atoms with Gasteiger partial charge in [0.1, 0.15) is 18.5 Å². The molecule has 0 unspecified atom stereocenters. The van der Waals surface area contributed by atoms with Crippen molar-refractivity contribution in [3.8, 4) is 5.75 Å². The van der Waals surface area contributed by atoms with Crippen molar-refractivity contribution in [2.45, 2.75) is 45.4 Å². The maximum atomic E-state index is 12.5. The second kappa shape index (κ2) is 8.71. The van der Waals surface area contributed by atoms with Crippen molar-refractivity contribution in [1.82, 2.24) is 4.90 Å². The zero-order chi connectivity index (χ0) is 19.2. The number of nitrogens with zero attached hydrogens (tertiary/aromatic N) is 1. The molecule has 2 aromatic rings. The van der Waals surface area contributed by atoms with E-state index in [1.54, 1.807) is 17.0 Å². The minimum Gasteiger partial charge on any atom is -0.489 e. The number of carbonyl (C=O) groups excluding carboxylic acids is 2. The van der Waals surface area contributed by atoms with Gasteiger partial charge < -0.3 is 14.4 Å². The molecule has 0 N–H and O–H groups in total. The highest BCUT2D eigenvalue weighted by atomic mass is 16.6. The van der Waals surface area contributed by atoms with Gasteiger partial charge in [-0.05, 0) is 44.4 Å². The maximum absolute atomic E-state index is 12.5. The largest absolute Gasteiger partial charge is 0.489 e. The molecule has 0 bridgehead atoms. The van der Waals surface area contributed by atoms with Crippen LogP contribution in [0.3, 0.4) is 0 Å². The molecule has 3 rings (SSSR count). The van der Waals surface area contributed by atoms with Crippen LogP contribution in [0.25, 0.3) is 0 Å². The van der Waals surface area contributed by atoms with E-state index in [0.717, 1.165) is 18.4 Å². The summed E-state index contributed by atoms with van der Waals surface area (Å²) in [6.07, 6.45) is 1.26. The molecule has 1 aliphatic rings. The topological polar surface area (TPSA) is 55.8 Å². The molecule has 27 heavy (non-hydrogen) atoms. The summed E-state index contributed by atoms with van der Waals surface area (Å²) in [7, 11) is 0. The third-order valence-corrected chi connectivity index (χ3v) is 4.82. The molecule has 0 aromatic heterocycles. The molecule has 5 nitrogen and oxygen atoms in total. The highest BCUT2D eigenvalue weighted by Crippen LogP contribution is 2.24. The van der Waals surface area contributed by atoms with Crippen molar-refractivity contribution in [3.05, 3.63) is 65.7 Å². The Kier molecular flexibility index (Phi) is 6.12. The normalized spacial score (nSPS) is 19.4. The van der Waals surface area contributed by atoms with Crippen LogP contribution in [0.15, 0.2) is 54.6 Å². The van der Waals surface area contributed by atoms with Gasteiger partial charge in [-0.3, -0.25) is 4.79 Å². The zero-order valence-corrected chi connectivity index (χ0v) is 15.8. The van der Waals surface area contributed by atoms with E-state index in [1.807, 2.05) is 49.4 Å². The maximum Gasteiger partial charge on any atom is 0.410 e. The van der Waals surface area contributed by atoms with Crippen molar-refractivity contribution < 1.29 is 19.1 Å². The first kappa shape index (κ1) is 19.0. The molecule has 1 saturated heterocycles. The molecular formula is C22H25NO4. The molecule has 0 saturated carbocycles. The van der Waals surface area contributed by atoms with E-state index in [1.165, 1.54) is 6.92 Å². The van der Waals surface area contributed by atoms with E-state index in [-0.39, 0.29) is 30.6 Å². The number of likely N-dealkylation sites (tertiary alicyclic amines) is 1. The monoisotopic (exact) mass is 367 g/mol. The summed E-state index contributed by atoms with van der Waals surface area (Å²) in [5, 5.41) is 0. The van der Waals surface area contributed by atoms with Crippen LogP contribution in [-0.2, 0) is 11.3 Å². The van der Waals surface area contributed by atoms with E-state index in [9.17, 15) is 9.59 Å². The number of rotatable bonds is 5. The SMILES string of the molecule is CC(=O)c1cccc(O[C@@H]2CC[C@@H](C)N(C(=O)OCc3ccccc3)C2)c1. The average molecular weight is 367 g/mol. The Morgan fingerprint density at radius 1 is 1.07 bits per heavy atom. The van der Waals surface area contributed by atoms with E-state index in [4.69, 9.17) is 9.47 Å². The molecule has 5 heteroatoms. The first-order valence-corrected chi connectivity index (χ1v) is 9.28. The summed E-state index contributed by atoms with van der Waals surface area (Å²) in [6.45, 7) is 4.29. The van der Waals surface area contributed by atoms with Gasteiger partial charge in [-0.1, -0.05) is 42.5 Å². The summed E-state index contributed by atoms with van der Waals surface area (Å²) >= 11 is 0. The first-order valence-electron chi connectivity index (χ1n) is 9.28. The molecule has 1 heterocycles. The number of piperidine rings is 1. The smallest absolute Gasteiger partial charge is 0.410 e. The molecule has 142 valence electrons. The Labute approximate surface area is 159 Å². The predicted octanol–water partition coefficient (Wildman–Crippen LogP) is 4.46. The number of ether oxygens (including phenoxy) is 2. The van der Waals surface area contributed by atoms with Crippen molar-refractivity contribution in [3.63, 3.8) is 0 Å². The van der Waals surface area contributed by atoms with Crippen LogP contribution in [0, 0.1) is 0 Å². The van der Waals surface area contributed by atoms with Gasteiger partial charge in [0.25, 0.3) is 0 Å². The Morgan fingerprint density at radius 3 is 2.59 bits per heavy atom. The highest BCUT2D eigenvalue weighted by molar-refractivity contribution is 5.94. The van der Waals surface area contributed by atoms with Crippen LogP contribution in [0.1, 0.15) is 42.6 Å². The van der Waals surface area contributed by atoms with Gasteiger partial charge in [0.15, 0.2) is 5.78 Å². The lowest BCUT2D eigenvalue weighted by atomic mass is 10.0. The lowest BCUT2D eigenvalue weighted by molar-refractivity contribution is 0.0338. The zero-order valence-electron chi connectivity index (χ0n) is 15.8. The number of amides is 1. The molecule has 2 aromatic carbocycles. The highest BCUT2D eigenvalue weighted by Gasteiger charge is 2.31. The third-order valence-electron chi connectivity index (χ3n) is 4.82. The van der Waals surface area contributed by atoms with Gasteiger partial charge in [-0.2, -0.15) is 0 Å². The Morgan fingerprint density at radius 2 is 1.85 bits per heavy atom. The summed E-state index contributed by atoms with van der Waals surface area (Å²) < 4.78 is 11.5. The van der Waals surface area contributed by atoms with E-state index < -0.39 is 0 Å². The molecule has 0 aliphatic carbocycles. The second-order valence-electron chi connectivity index (χ2n) is 6.94. The fourth-order valence-electron chi connectivity index (χ4n) is 3.21. The quantitative estimate of drug-likeness (QED) is 0.732. The number of carbonyl (C=O) groups is 2. The van der Waals surface area contributed by atoms with Gasteiger partial charge in [0.05, 0.1) is 6.54 Å². The molecule has 2 atom stereocenters. The molecular weight excluding hydrogens is 342 g/mol. The van der Waals surface area contributed by atoms with Crippen molar-refractivity contribution in [2.24, 2.45) is 0 Å². The Balaban J connectivity index is 1.59. The van der Waals surface area contributed by atoms with Crippen molar-refractivity contribution in [1.29, 1.82) is 0 Å². The van der Waals surface area contributed by atoms with Gasteiger partial charge >= 0.3 is 6.09 Å². The summed E-state index contributed by atoms with van der Waals surface area (Å²) in [6, 6.07) is 16.9. The third kappa shape index (κ3) is 5.09. The van der Waals surface area contributed by atoms with Gasteiger partial charge in [0.2, 0.25) is 0 Å². The van der Waals surface area contributed by atoms with E-state index >= 15 is 0 Å². The van der Waals surface area contributed by atoms with E-state index in [0.29, 0.717) is 17.9 Å². The van der Waals surface area contributed by atoms with Crippen molar-refractivity contribution >= 4 is 11.9 Å². The molecule has 1 amide bonds. The Hall–Kier alpha value is -2.82. The van der Waals surface area contributed by atoms with Crippen LogP contribution in [0.5, 0.6) is 5.75 Å². The first-order chi connectivity index (χ1) is 13.0. The summed E-state index contributed by atoms with van der Waals surface area (Å²) in [5.74, 6) is 0.656.